The number of aliphatic hydroxyl groups is 1. The highest BCUT2D eigenvalue weighted by Crippen LogP contribution is 2.38. The summed E-state index contributed by atoms with van der Waals surface area (Å²) in [5.41, 5.74) is 0. The molecule has 0 saturated carbocycles. The van der Waals surface area contributed by atoms with Crippen LogP contribution in [0.25, 0.3) is 0 Å². The van der Waals surface area contributed by atoms with Gasteiger partial charge in [-0.15, -0.1) is 0 Å². The Morgan fingerprint density at radius 1 is 0.933 bits per heavy atom. The highest BCUT2D eigenvalue weighted by atomic mass is 31.2. The van der Waals surface area contributed by atoms with Gasteiger partial charge in [-0.2, -0.15) is 0 Å². The molecule has 0 rings (SSSR count). The number of hydrogen-bond acceptors (Lipinski definition) is 7. The van der Waals surface area contributed by atoms with Crippen molar-refractivity contribution in [3.63, 3.8) is 0 Å². The second kappa shape index (κ2) is 17.1. The number of nitrogens with zero attached hydrogens (tertiary/aromatic N) is 1. The first-order chi connectivity index (χ1) is 14.1. The van der Waals surface area contributed by atoms with E-state index < -0.39 is 26.5 Å². The van der Waals surface area contributed by atoms with Crippen LogP contribution in [-0.2, 0) is 23.1 Å². The number of phosphoric acid groups is 1. The molecule has 8 nitrogen and oxygen atoms in total. The molecule has 0 aliphatic carbocycles. The molecule has 0 bridgehead atoms. The number of hydrogen-bond donors (Lipinski definition) is 1. The van der Waals surface area contributed by atoms with E-state index >= 15 is 0 Å². The van der Waals surface area contributed by atoms with Crippen LogP contribution < -0.4 is 4.89 Å². The van der Waals surface area contributed by atoms with E-state index in [-0.39, 0.29) is 13.2 Å². The summed E-state index contributed by atoms with van der Waals surface area (Å²) >= 11 is 0. The lowest BCUT2D eigenvalue weighted by Crippen LogP contribution is -2.37. The third-order valence-electron chi connectivity index (χ3n) is 4.61. The summed E-state index contributed by atoms with van der Waals surface area (Å²) in [5, 5.41) is 9.74. The standard InChI is InChI=1S/C21H44NO7P/c1-5-6-7-8-9-10-11-12-13-14-15-21(24)27-18-20(23)19-29-30(25,26)28-17-16-22(2,3)4/h20,23H,5-19H2,1-4H3/t20-/m1/s1. The van der Waals surface area contributed by atoms with E-state index in [0.717, 1.165) is 19.3 Å². The largest absolute Gasteiger partial charge is 0.756 e. The summed E-state index contributed by atoms with van der Waals surface area (Å²) in [6.45, 7) is 1.91. The van der Waals surface area contributed by atoms with Crippen molar-refractivity contribution in [3.8, 4) is 0 Å². The number of phosphoric ester groups is 1. The average molecular weight is 454 g/mol. The van der Waals surface area contributed by atoms with E-state index in [4.69, 9.17) is 9.26 Å². The Bertz CT molecular complexity index is 482. The molecule has 1 unspecified atom stereocenters. The maximum absolute atomic E-state index is 11.7. The average Bonchev–Trinajstić information content (AvgIpc) is 2.65. The zero-order valence-electron chi connectivity index (χ0n) is 19.5. The maximum Gasteiger partial charge on any atom is 0.305 e. The number of carbonyl (C=O) groups excluding carboxylic acids is 1. The van der Waals surface area contributed by atoms with E-state index in [2.05, 4.69) is 11.4 Å². The Morgan fingerprint density at radius 3 is 2.00 bits per heavy atom. The number of unbranched alkanes of at least 4 members (excludes halogenated alkanes) is 9. The number of quaternary nitrogens is 1. The topological polar surface area (TPSA) is 105 Å². The number of aliphatic hydroxyl groups excluding tert-OH is 1. The van der Waals surface area contributed by atoms with Crippen molar-refractivity contribution < 1.29 is 37.6 Å². The first kappa shape index (κ1) is 29.5. The van der Waals surface area contributed by atoms with Crippen LogP contribution in [0.5, 0.6) is 0 Å². The van der Waals surface area contributed by atoms with Gasteiger partial charge in [-0.25, -0.2) is 0 Å². The summed E-state index contributed by atoms with van der Waals surface area (Å²) in [7, 11) is 1.25. The second-order valence-corrected chi connectivity index (χ2v) is 10.3. The molecule has 1 N–H and O–H groups in total. The lowest BCUT2D eigenvalue weighted by atomic mass is 10.1. The number of likely N-dealkylation sites (N-methyl/N-ethyl adjacent to an activating group) is 1. The van der Waals surface area contributed by atoms with E-state index in [1.807, 2.05) is 21.1 Å². The van der Waals surface area contributed by atoms with Crippen LogP contribution in [0, 0.1) is 0 Å². The minimum Gasteiger partial charge on any atom is -0.756 e. The molecule has 30 heavy (non-hydrogen) atoms. The SMILES string of the molecule is CCCCCCCCCCCCC(=O)OC[C@@H](O)COP(=O)([O-])OCC[N+](C)(C)C. The Hall–Kier alpha value is -0.500. The van der Waals surface area contributed by atoms with Crippen molar-refractivity contribution in [3.05, 3.63) is 0 Å². The van der Waals surface area contributed by atoms with E-state index in [9.17, 15) is 19.4 Å². The molecule has 0 heterocycles. The van der Waals surface area contributed by atoms with Crippen molar-refractivity contribution in [1.82, 2.24) is 0 Å². The predicted octanol–water partition coefficient (Wildman–Crippen LogP) is 3.41. The number of rotatable bonds is 20. The molecular formula is C21H44NO7P. The number of esters is 1. The third-order valence-corrected chi connectivity index (χ3v) is 5.57. The van der Waals surface area contributed by atoms with E-state index in [1.165, 1.54) is 44.9 Å². The van der Waals surface area contributed by atoms with Gasteiger partial charge in [0.15, 0.2) is 0 Å². The lowest BCUT2D eigenvalue weighted by molar-refractivity contribution is -0.870. The summed E-state index contributed by atoms with van der Waals surface area (Å²) in [5.74, 6) is -0.391. The first-order valence-electron chi connectivity index (χ1n) is 11.3. The predicted molar refractivity (Wildman–Crippen MR) is 116 cm³/mol. The Morgan fingerprint density at radius 2 is 1.47 bits per heavy atom. The van der Waals surface area contributed by atoms with Crippen LogP contribution in [0.2, 0.25) is 0 Å². The van der Waals surface area contributed by atoms with Crippen molar-refractivity contribution in [2.24, 2.45) is 0 Å². The fraction of sp³-hybridized carbons (Fsp3) is 0.952. The Kier molecular flexibility index (Phi) is 16.8. The Balaban J connectivity index is 3.66. The van der Waals surface area contributed by atoms with Gasteiger partial charge in [-0.05, 0) is 6.42 Å². The van der Waals surface area contributed by atoms with Crippen LogP contribution in [0.1, 0.15) is 77.6 Å². The van der Waals surface area contributed by atoms with Gasteiger partial charge in [0.2, 0.25) is 0 Å². The van der Waals surface area contributed by atoms with Crippen molar-refractivity contribution >= 4 is 13.8 Å². The molecule has 0 saturated heterocycles. The van der Waals surface area contributed by atoms with Crippen LogP contribution in [-0.4, -0.2) is 69.2 Å². The highest BCUT2D eigenvalue weighted by Gasteiger charge is 2.16. The second-order valence-electron chi connectivity index (χ2n) is 8.86. The van der Waals surface area contributed by atoms with Gasteiger partial charge in [-0.3, -0.25) is 9.36 Å². The monoisotopic (exact) mass is 453 g/mol. The third kappa shape index (κ3) is 20.8. The molecule has 0 fully saturated rings. The molecular weight excluding hydrogens is 409 g/mol. The minimum atomic E-state index is -4.48. The highest BCUT2D eigenvalue weighted by molar-refractivity contribution is 7.45. The van der Waals surface area contributed by atoms with Crippen molar-refractivity contribution in [2.75, 3.05) is 47.5 Å². The molecule has 0 aliphatic rings. The molecule has 0 radical (unpaired) electrons. The molecule has 0 aromatic heterocycles. The van der Waals surface area contributed by atoms with Crippen LogP contribution in [0.4, 0.5) is 0 Å². The molecule has 0 spiro atoms. The fourth-order valence-electron chi connectivity index (χ4n) is 2.71. The van der Waals surface area contributed by atoms with Crippen LogP contribution in [0.3, 0.4) is 0 Å². The number of ether oxygens (including phenoxy) is 1. The van der Waals surface area contributed by atoms with Crippen molar-refractivity contribution in [2.45, 2.75) is 83.7 Å². The van der Waals surface area contributed by atoms with E-state index in [1.54, 1.807) is 0 Å². The molecule has 0 aromatic rings. The molecule has 0 aromatic carbocycles. The van der Waals surface area contributed by atoms with Gasteiger partial charge in [-0.1, -0.05) is 64.7 Å². The zero-order chi connectivity index (χ0) is 22.9. The van der Waals surface area contributed by atoms with Gasteiger partial charge < -0.3 is 28.3 Å². The fourth-order valence-corrected chi connectivity index (χ4v) is 3.44. The van der Waals surface area contributed by atoms with Gasteiger partial charge in [0, 0.05) is 6.42 Å². The van der Waals surface area contributed by atoms with Gasteiger partial charge in [0.25, 0.3) is 7.82 Å². The van der Waals surface area contributed by atoms with Gasteiger partial charge >= 0.3 is 5.97 Å². The molecule has 2 atom stereocenters. The quantitative estimate of drug-likeness (QED) is 0.130. The smallest absolute Gasteiger partial charge is 0.305 e. The normalized spacial score (nSPS) is 15.0. The van der Waals surface area contributed by atoms with Gasteiger partial charge in [0.1, 0.15) is 25.9 Å². The zero-order valence-corrected chi connectivity index (χ0v) is 20.4. The summed E-state index contributed by atoms with van der Waals surface area (Å²) in [4.78, 5) is 23.3. The molecule has 0 amide bonds. The molecule has 0 aliphatic heterocycles. The lowest BCUT2D eigenvalue weighted by Gasteiger charge is -2.27. The summed E-state index contributed by atoms with van der Waals surface area (Å²) in [6.07, 6.45) is 10.9. The first-order valence-corrected chi connectivity index (χ1v) is 12.8. The molecule has 180 valence electrons. The summed E-state index contributed by atoms with van der Waals surface area (Å²) in [6, 6.07) is 0. The van der Waals surface area contributed by atoms with Crippen LogP contribution >= 0.6 is 7.82 Å². The van der Waals surface area contributed by atoms with Crippen molar-refractivity contribution in [1.29, 1.82) is 0 Å². The number of carbonyl (C=O) groups is 1. The van der Waals surface area contributed by atoms with Crippen LogP contribution in [0.15, 0.2) is 0 Å². The summed E-state index contributed by atoms with van der Waals surface area (Å²) < 4.78 is 26.5. The maximum atomic E-state index is 11.7. The molecule has 9 heteroatoms. The van der Waals surface area contributed by atoms with E-state index in [0.29, 0.717) is 17.4 Å². The van der Waals surface area contributed by atoms with Gasteiger partial charge in [0.05, 0.1) is 27.7 Å². The minimum absolute atomic E-state index is 0.00574. The Labute approximate surface area is 183 Å².